The van der Waals surface area contributed by atoms with Gasteiger partial charge in [0.25, 0.3) is 12.3 Å². The molecule has 0 fully saturated rings. The summed E-state index contributed by atoms with van der Waals surface area (Å²) in [5.74, 6) is -2.71. The summed E-state index contributed by atoms with van der Waals surface area (Å²) < 4.78 is 60.2. The van der Waals surface area contributed by atoms with Gasteiger partial charge in [-0.1, -0.05) is 0 Å². The summed E-state index contributed by atoms with van der Waals surface area (Å²) in [7, 11) is 0. The summed E-state index contributed by atoms with van der Waals surface area (Å²) in [6.07, 6.45) is -7.69. The SMILES string of the molecule is NC1=NSCc2c(C(=O)NCC(F)F)cc3n[nH]nc1c2-3.O=C(O)C(F)(F)F. The maximum absolute atomic E-state index is 12.2. The Morgan fingerprint density at radius 1 is 1.36 bits per heavy atom. The molecule has 0 aromatic rings. The quantitative estimate of drug-likeness (QED) is 0.429. The van der Waals surface area contributed by atoms with Crippen molar-refractivity contribution in [2.75, 3.05) is 6.54 Å². The van der Waals surface area contributed by atoms with Crippen molar-refractivity contribution in [2.45, 2.75) is 18.4 Å². The Bertz CT molecular complexity index is 884. The Hall–Kier alpha value is -2.97. The lowest BCUT2D eigenvalue weighted by Crippen LogP contribution is -2.28. The molecule has 9 nitrogen and oxygen atoms in total. The number of H-pyrrole nitrogens is 1. The lowest BCUT2D eigenvalue weighted by Gasteiger charge is -2.06. The standard InChI is InChI=1S/C11H10F2N6OS.C2HF3O2/c12-7(13)2-15-11(20)4-1-6-8-5(4)3-21-18-10(14)9(8)17-19-16-6;3-2(4,5)1(6)7/h1,7,19H,2-3H2,(H2,14,18)(H,15,20);(H,6,7). The number of nitrogens with two attached hydrogens (primary N) is 1. The third-order valence-electron chi connectivity index (χ3n) is 3.25. The van der Waals surface area contributed by atoms with E-state index in [9.17, 15) is 26.7 Å². The molecule has 0 spiro atoms. The third-order valence-corrected chi connectivity index (χ3v) is 4.00. The summed E-state index contributed by atoms with van der Waals surface area (Å²) in [5.41, 5.74) is 8.28. The lowest BCUT2D eigenvalue weighted by molar-refractivity contribution is -0.192. The zero-order valence-corrected chi connectivity index (χ0v) is 14.4. The van der Waals surface area contributed by atoms with E-state index < -0.39 is 31.0 Å². The van der Waals surface area contributed by atoms with Gasteiger partial charge < -0.3 is 16.2 Å². The zero-order chi connectivity index (χ0) is 21.1. The van der Waals surface area contributed by atoms with Crippen LogP contribution in [0.3, 0.4) is 0 Å². The van der Waals surface area contributed by atoms with E-state index >= 15 is 0 Å². The molecule has 5 N–H and O–H groups in total. The van der Waals surface area contributed by atoms with Gasteiger partial charge in [0.2, 0.25) is 0 Å². The molecule has 1 aliphatic carbocycles. The number of carbonyl (C=O) groups excluding carboxylic acids is 1. The average molecular weight is 426 g/mol. The van der Waals surface area contributed by atoms with E-state index in [-0.39, 0.29) is 5.84 Å². The second-order valence-corrected chi connectivity index (χ2v) is 5.85. The molecule has 2 aliphatic heterocycles. The number of nitrogens with zero attached hydrogens (tertiary/aromatic N) is 3. The number of aromatic amines is 1. The molecule has 0 radical (unpaired) electrons. The van der Waals surface area contributed by atoms with Crippen molar-refractivity contribution in [1.82, 2.24) is 20.7 Å². The van der Waals surface area contributed by atoms with Crippen molar-refractivity contribution in [3.63, 3.8) is 0 Å². The van der Waals surface area contributed by atoms with Crippen LogP contribution in [0.1, 0.15) is 21.6 Å². The van der Waals surface area contributed by atoms with Crippen LogP contribution >= 0.6 is 11.9 Å². The lowest BCUT2D eigenvalue weighted by atomic mass is 10.1. The van der Waals surface area contributed by atoms with Gasteiger partial charge in [-0.15, -0.1) is 0 Å². The minimum Gasteiger partial charge on any atom is -0.475 e. The number of alkyl halides is 5. The Morgan fingerprint density at radius 2 is 2.00 bits per heavy atom. The van der Waals surface area contributed by atoms with Crippen LogP contribution in [0.2, 0.25) is 0 Å². The smallest absolute Gasteiger partial charge is 0.475 e. The van der Waals surface area contributed by atoms with Crippen LogP contribution in [0, 0.1) is 0 Å². The number of aromatic nitrogens is 3. The first-order valence-electron chi connectivity index (χ1n) is 7.21. The van der Waals surface area contributed by atoms with E-state index in [1.807, 2.05) is 0 Å². The third kappa shape index (κ3) is 4.85. The van der Waals surface area contributed by atoms with Crippen molar-refractivity contribution in [1.29, 1.82) is 0 Å². The molecule has 0 unspecified atom stereocenters. The van der Waals surface area contributed by atoms with Gasteiger partial charge in [-0.3, -0.25) is 4.79 Å². The molecule has 152 valence electrons. The molecular formula is C13H11F5N6O3S. The van der Waals surface area contributed by atoms with Crippen LogP contribution in [0.4, 0.5) is 22.0 Å². The fourth-order valence-corrected chi connectivity index (χ4v) is 2.85. The maximum Gasteiger partial charge on any atom is 0.490 e. The first kappa shape index (κ1) is 21.3. The van der Waals surface area contributed by atoms with Gasteiger partial charge >= 0.3 is 12.1 Å². The number of carboxylic acid groups (broad SMARTS) is 1. The van der Waals surface area contributed by atoms with Gasteiger partial charge in [0, 0.05) is 16.9 Å². The molecular weight excluding hydrogens is 415 g/mol. The molecule has 15 heteroatoms. The fourth-order valence-electron chi connectivity index (χ4n) is 2.13. The highest BCUT2D eigenvalue weighted by Crippen LogP contribution is 2.36. The van der Waals surface area contributed by atoms with Gasteiger partial charge in [0.05, 0.1) is 12.2 Å². The highest BCUT2D eigenvalue weighted by atomic mass is 32.2. The van der Waals surface area contributed by atoms with Crippen LogP contribution in [-0.4, -0.2) is 57.4 Å². The number of aliphatic carboxylic acids is 1. The Labute approximate surface area is 157 Å². The van der Waals surface area contributed by atoms with Gasteiger partial charge in [-0.05, 0) is 23.6 Å². The van der Waals surface area contributed by atoms with Crippen molar-refractivity contribution in [2.24, 2.45) is 10.1 Å². The minimum atomic E-state index is -5.08. The number of rotatable bonds is 3. The van der Waals surface area contributed by atoms with Crippen LogP contribution in [0.5, 0.6) is 0 Å². The number of carbonyl (C=O) groups is 2. The zero-order valence-electron chi connectivity index (χ0n) is 13.5. The minimum absolute atomic E-state index is 0.229. The largest absolute Gasteiger partial charge is 0.490 e. The molecule has 0 saturated heterocycles. The van der Waals surface area contributed by atoms with Crippen molar-refractivity contribution in [3.05, 3.63) is 22.9 Å². The van der Waals surface area contributed by atoms with Crippen LogP contribution < -0.4 is 11.1 Å². The van der Waals surface area contributed by atoms with Crippen LogP contribution in [-0.2, 0) is 10.5 Å². The Balaban J connectivity index is 0.000000345. The second-order valence-electron chi connectivity index (χ2n) is 5.12. The molecule has 0 aromatic heterocycles. The number of hydrogen-bond donors (Lipinski definition) is 4. The topological polar surface area (TPSA) is 146 Å². The summed E-state index contributed by atoms with van der Waals surface area (Å²) in [5, 5.41) is 19.7. The molecule has 0 atom stereocenters. The van der Waals surface area contributed by atoms with E-state index in [1.54, 1.807) is 0 Å². The summed E-state index contributed by atoms with van der Waals surface area (Å²) in [6.45, 7) is -0.698. The fraction of sp³-hybridized carbons (Fsp3) is 0.308. The van der Waals surface area contributed by atoms with Crippen LogP contribution in [0.25, 0.3) is 11.3 Å². The normalized spacial score (nSPS) is 13.4. The predicted octanol–water partition coefficient (Wildman–Crippen LogP) is 1.40. The van der Waals surface area contributed by atoms with Crippen molar-refractivity contribution < 1.29 is 36.6 Å². The Kier molecular flexibility index (Phi) is 6.37. The van der Waals surface area contributed by atoms with Crippen molar-refractivity contribution in [3.8, 4) is 11.3 Å². The second kappa shape index (κ2) is 8.37. The molecule has 1 amide bonds. The molecule has 2 heterocycles. The molecule has 28 heavy (non-hydrogen) atoms. The van der Waals surface area contributed by atoms with E-state index in [0.717, 1.165) is 0 Å². The van der Waals surface area contributed by atoms with E-state index in [4.69, 9.17) is 15.6 Å². The molecule has 3 aliphatic rings. The molecule has 0 aromatic carbocycles. The summed E-state index contributed by atoms with van der Waals surface area (Å²) in [4.78, 5) is 20.9. The molecule has 0 saturated carbocycles. The number of amidine groups is 1. The summed E-state index contributed by atoms with van der Waals surface area (Å²) >= 11 is 1.17. The molecule has 0 bridgehead atoms. The summed E-state index contributed by atoms with van der Waals surface area (Å²) in [6, 6.07) is 1.53. The number of halogens is 5. The number of amides is 1. The average Bonchev–Trinajstić information content (AvgIpc) is 2.89. The van der Waals surface area contributed by atoms with Gasteiger partial charge in [-0.25, -0.2) is 13.6 Å². The monoisotopic (exact) mass is 426 g/mol. The maximum atomic E-state index is 12.2. The number of carboxylic acids is 1. The van der Waals surface area contributed by atoms with E-state index in [1.165, 1.54) is 18.0 Å². The number of nitrogens with one attached hydrogen (secondary N) is 2. The predicted molar refractivity (Wildman–Crippen MR) is 87.1 cm³/mol. The van der Waals surface area contributed by atoms with Gasteiger partial charge in [0.1, 0.15) is 5.69 Å². The first-order valence-corrected chi connectivity index (χ1v) is 8.15. The first-order chi connectivity index (χ1) is 13.0. The Morgan fingerprint density at radius 3 is 2.57 bits per heavy atom. The van der Waals surface area contributed by atoms with Gasteiger partial charge in [0.15, 0.2) is 5.84 Å². The van der Waals surface area contributed by atoms with E-state index in [2.05, 4.69) is 25.1 Å². The van der Waals surface area contributed by atoms with Crippen molar-refractivity contribution >= 4 is 29.7 Å². The highest BCUT2D eigenvalue weighted by molar-refractivity contribution is 7.97. The molecule has 3 rings (SSSR count). The van der Waals surface area contributed by atoms with Gasteiger partial charge in [-0.2, -0.15) is 33.0 Å². The van der Waals surface area contributed by atoms with Crippen LogP contribution in [0.15, 0.2) is 10.5 Å². The highest BCUT2D eigenvalue weighted by Gasteiger charge is 2.38. The number of hydrogen-bond acceptors (Lipinski definition) is 7. The van der Waals surface area contributed by atoms with E-state index in [0.29, 0.717) is 33.8 Å².